The molecule has 2 aromatic heterocycles. The Balaban J connectivity index is 1.11. The van der Waals surface area contributed by atoms with Gasteiger partial charge in [0.05, 0.1) is 0 Å². The minimum Gasteiger partial charge on any atom is -0.455 e. The van der Waals surface area contributed by atoms with Crippen LogP contribution in [0.15, 0.2) is 185 Å². The van der Waals surface area contributed by atoms with Crippen LogP contribution in [0.1, 0.15) is 0 Å². The van der Waals surface area contributed by atoms with Gasteiger partial charge < -0.3 is 13.7 Å². The van der Waals surface area contributed by atoms with E-state index in [2.05, 4.69) is 169 Å². The summed E-state index contributed by atoms with van der Waals surface area (Å²) in [5.41, 5.74) is 11.4. The predicted octanol–water partition coefficient (Wildman–Crippen LogP) is 13.4. The lowest BCUT2D eigenvalue weighted by atomic mass is 10.0. The molecule has 0 aliphatic rings. The van der Waals surface area contributed by atoms with E-state index in [9.17, 15) is 0 Å². The number of para-hydroxylation sites is 2. The van der Waals surface area contributed by atoms with E-state index in [1.165, 1.54) is 16.5 Å². The summed E-state index contributed by atoms with van der Waals surface area (Å²) in [5, 5.41) is 6.78. The van der Waals surface area contributed by atoms with E-state index in [0.717, 1.165) is 77.5 Å². The van der Waals surface area contributed by atoms with Crippen molar-refractivity contribution in [3.63, 3.8) is 0 Å². The molecular formula is C46H29NO2. The zero-order valence-corrected chi connectivity index (χ0v) is 26.5. The summed E-state index contributed by atoms with van der Waals surface area (Å²) in [6.45, 7) is 0. The van der Waals surface area contributed by atoms with Gasteiger partial charge >= 0.3 is 0 Å². The third-order valence-corrected chi connectivity index (χ3v) is 9.68. The lowest BCUT2D eigenvalue weighted by molar-refractivity contribution is 0.670. The molecule has 0 amide bonds. The van der Waals surface area contributed by atoms with Gasteiger partial charge in [0, 0.05) is 49.6 Å². The standard InChI is InChI=1S/C46H29NO2/c1-2-9-30(10-3-1)31-17-22-34(23-18-31)47(36-26-28-44-42(29-36)41-27-21-32-11-4-5-12-37(32)46(41)49-44)35-24-19-33(20-25-35)38-14-8-15-40-39-13-6-7-16-43(39)48-45(38)40/h1-29H. The van der Waals surface area contributed by atoms with Gasteiger partial charge in [0.2, 0.25) is 0 Å². The average molecular weight is 628 g/mol. The Bertz CT molecular complexity index is 2810. The molecule has 230 valence electrons. The minimum absolute atomic E-state index is 0.878. The molecule has 3 nitrogen and oxygen atoms in total. The number of fused-ring (bicyclic) bond motifs is 8. The molecule has 0 aliphatic carbocycles. The van der Waals surface area contributed by atoms with Crippen LogP contribution in [0, 0.1) is 0 Å². The van der Waals surface area contributed by atoms with Crippen LogP contribution in [0.4, 0.5) is 17.1 Å². The second-order valence-corrected chi connectivity index (χ2v) is 12.5. The van der Waals surface area contributed by atoms with Crippen LogP contribution < -0.4 is 4.90 Å². The summed E-state index contributed by atoms with van der Waals surface area (Å²) in [6.07, 6.45) is 0. The highest BCUT2D eigenvalue weighted by molar-refractivity contribution is 6.15. The molecule has 10 aromatic rings. The molecule has 0 N–H and O–H groups in total. The summed E-state index contributed by atoms with van der Waals surface area (Å²) >= 11 is 0. The summed E-state index contributed by atoms with van der Waals surface area (Å²) in [4.78, 5) is 2.32. The highest BCUT2D eigenvalue weighted by Crippen LogP contribution is 2.42. The number of benzene rings is 8. The smallest absolute Gasteiger partial charge is 0.143 e. The van der Waals surface area contributed by atoms with Gasteiger partial charge in [-0.05, 0) is 76.7 Å². The monoisotopic (exact) mass is 627 g/mol. The topological polar surface area (TPSA) is 29.5 Å². The molecule has 3 heteroatoms. The first-order valence-electron chi connectivity index (χ1n) is 16.6. The maximum atomic E-state index is 6.47. The molecule has 49 heavy (non-hydrogen) atoms. The third-order valence-electron chi connectivity index (χ3n) is 9.68. The summed E-state index contributed by atoms with van der Waals surface area (Å²) in [6, 6.07) is 62.0. The third kappa shape index (κ3) is 4.51. The Hall–Kier alpha value is -6.58. The number of anilines is 3. The van der Waals surface area contributed by atoms with Gasteiger partial charge in [0.25, 0.3) is 0 Å². The Morgan fingerprint density at radius 3 is 1.73 bits per heavy atom. The van der Waals surface area contributed by atoms with Crippen LogP contribution in [-0.4, -0.2) is 0 Å². The number of rotatable bonds is 5. The molecule has 0 radical (unpaired) electrons. The first kappa shape index (κ1) is 27.5. The van der Waals surface area contributed by atoms with Gasteiger partial charge in [-0.15, -0.1) is 0 Å². The fourth-order valence-corrected chi connectivity index (χ4v) is 7.28. The van der Waals surface area contributed by atoms with Crippen molar-refractivity contribution in [2.45, 2.75) is 0 Å². The van der Waals surface area contributed by atoms with Gasteiger partial charge in [0.15, 0.2) is 0 Å². The van der Waals surface area contributed by atoms with Crippen LogP contribution in [0.25, 0.3) is 76.9 Å². The van der Waals surface area contributed by atoms with Gasteiger partial charge in [-0.25, -0.2) is 0 Å². The van der Waals surface area contributed by atoms with Crippen molar-refractivity contribution >= 4 is 71.7 Å². The molecule has 0 saturated carbocycles. The Morgan fingerprint density at radius 1 is 0.327 bits per heavy atom. The number of furan rings is 2. The lowest BCUT2D eigenvalue weighted by Gasteiger charge is -2.26. The second kappa shape index (κ2) is 11.0. The summed E-state index contributed by atoms with van der Waals surface area (Å²) in [7, 11) is 0. The minimum atomic E-state index is 0.878. The fraction of sp³-hybridized carbons (Fsp3) is 0. The SMILES string of the molecule is c1ccc(-c2ccc(N(c3ccc(-c4cccc5c4oc4ccccc45)cc3)c3ccc4oc5c6ccccc6ccc5c4c3)cc2)cc1. The van der Waals surface area contributed by atoms with Crippen molar-refractivity contribution in [1.82, 2.24) is 0 Å². The number of hydrogen-bond donors (Lipinski definition) is 0. The predicted molar refractivity (Wildman–Crippen MR) is 204 cm³/mol. The lowest BCUT2D eigenvalue weighted by Crippen LogP contribution is -2.09. The molecule has 0 atom stereocenters. The highest BCUT2D eigenvalue weighted by Gasteiger charge is 2.18. The molecule has 10 rings (SSSR count). The second-order valence-electron chi connectivity index (χ2n) is 12.5. The summed E-state index contributed by atoms with van der Waals surface area (Å²) < 4.78 is 12.8. The van der Waals surface area contributed by atoms with E-state index in [-0.39, 0.29) is 0 Å². The van der Waals surface area contributed by atoms with E-state index in [0.29, 0.717) is 0 Å². The van der Waals surface area contributed by atoms with Crippen LogP contribution in [0.5, 0.6) is 0 Å². The maximum absolute atomic E-state index is 6.47. The van der Waals surface area contributed by atoms with Crippen molar-refractivity contribution in [3.05, 3.63) is 176 Å². The quantitative estimate of drug-likeness (QED) is 0.190. The van der Waals surface area contributed by atoms with Crippen molar-refractivity contribution < 1.29 is 8.83 Å². The maximum Gasteiger partial charge on any atom is 0.143 e. The van der Waals surface area contributed by atoms with Crippen LogP contribution in [0.3, 0.4) is 0 Å². The van der Waals surface area contributed by atoms with Crippen molar-refractivity contribution in [1.29, 1.82) is 0 Å². The Labute approximate surface area is 282 Å². The zero-order valence-electron chi connectivity index (χ0n) is 26.5. The van der Waals surface area contributed by atoms with Gasteiger partial charge in [-0.1, -0.05) is 121 Å². The van der Waals surface area contributed by atoms with E-state index >= 15 is 0 Å². The van der Waals surface area contributed by atoms with Crippen molar-refractivity contribution in [2.24, 2.45) is 0 Å². The molecule has 2 heterocycles. The number of nitrogens with zero attached hydrogens (tertiary/aromatic N) is 1. The fourth-order valence-electron chi connectivity index (χ4n) is 7.28. The highest BCUT2D eigenvalue weighted by atomic mass is 16.3. The molecular weight excluding hydrogens is 599 g/mol. The van der Waals surface area contributed by atoms with Crippen molar-refractivity contribution in [3.8, 4) is 22.3 Å². The number of hydrogen-bond acceptors (Lipinski definition) is 3. The molecule has 0 spiro atoms. The van der Waals surface area contributed by atoms with Crippen LogP contribution in [0.2, 0.25) is 0 Å². The van der Waals surface area contributed by atoms with Gasteiger partial charge in [0.1, 0.15) is 22.3 Å². The molecule has 0 unspecified atom stereocenters. The normalized spacial score (nSPS) is 11.7. The first-order chi connectivity index (χ1) is 24.3. The van der Waals surface area contributed by atoms with E-state index in [4.69, 9.17) is 8.83 Å². The molecule has 0 fully saturated rings. The van der Waals surface area contributed by atoms with Crippen LogP contribution in [-0.2, 0) is 0 Å². The molecule has 0 aliphatic heterocycles. The Morgan fingerprint density at radius 2 is 0.918 bits per heavy atom. The zero-order chi connectivity index (χ0) is 32.3. The molecule has 8 aromatic carbocycles. The largest absolute Gasteiger partial charge is 0.455 e. The first-order valence-corrected chi connectivity index (χ1v) is 16.6. The van der Waals surface area contributed by atoms with Gasteiger partial charge in [-0.2, -0.15) is 0 Å². The Kier molecular flexibility index (Phi) is 6.18. The molecule has 0 bridgehead atoms. The van der Waals surface area contributed by atoms with Gasteiger partial charge in [-0.3, -0.25) is 0 Å². The summed E-state index contributed by atoms with van der Waals surface area (Å²) in [5.74, 6) is 0. The van der Waals surface area contributed by atoms with Crippen LogP contribution >= 0.6 is 0 Å². The van der Waals surface area contributed by atoms with Crippen molar-refractivity contribution in [2.75, 3.05) is 4.90 Å². The van der Waals surface area contributed by atoms with E-state index < -0.39 is 0 Å². The average Bonchev–Trinajstić information content (AvgIpc) is 3.75. The van der Waals surface area contributed by atoms with E-state index in [1.807, 2.05) is 12.1 Å². The molecule has 0 saturated heterocycles. The van der Waals surface area contributed by atoms with E-state index in [1.54, 1.807) is 0 Å².